The lowest BCUT2D eigenvalue weighted by Crippen LogP contribution is -2.19. The van der Waals surface area contributed by atoms with Crippen molar-refractivity contribution >= 4 is 17.6 Å². The molecule has 1 amide bonds. The number of ether oxygens (including phenoxy) is 1. The zero-order valence-electron chi connectivity index (χ0n) is 14.0. The molecule has 3 rings (SSSR count). The second kappa shape index (κ2) is 7.13. The minimum Gasteiger partial charge on any atom is -0.441 e. The molecule has 0 spiro atoms. The van der Waals surface area contributed by atoms with E-state index in [1.807, 2.05) is 0 Å². The fourth-order valence-corrected chi connectivity index (χ4v) is 2.27. The third kappa shape index (κ3) is 3.58. The van der Waals surface area contributed by atoms with Gasteiger partial charge in [-0.2, -0.15) is 4.39 Å². The summed E-state index contributed by atoms with van der Waals surface area (Å²) in [7, 11) is 1.60. The fraction of sp³-hybridized carbons (Fsp3) is 0.188. The zero-order chi connectivity index (χ0) is 18.7. The monoisotopic (exact) mass is 357 g/mol. The SMILES string of the molecule is C[C@@H](OC(=O)Nc1c(-c2ccc(N)cn2)nnn1C)c1cccnc1F. The smallest absolute Gasteiger partial charge is 0.413 e. The van der Waals surface area contributed by atoms with Crippen molar-refractivity contribution in [1.82, 2.24) is 25.0 Å². The highest BCUT2D eigenvalue weighted by molar-refractivity contribution is 5.88. The highest BCUT2D eigenvalue weighted by atomic mass is 19.1. The van der Waals surface area contributed by atoms with Gasteiger partial charge in [0, 0.05) is 18.8 Å². The number of pyridine rings is 2. The van der Waals surface area contributed by atoms with Crippen LogP contribution in [0.25, 0.3) is 11.4 Å². The molecule has 3 heterocycles. The van der Waals surface area contributed by atoms with Crippen LogP contribution in [0, 0.1) is 5.95 Å². The van der Waals surface area contributed by atoms with E-state index in [9.17, 15) is 9.18 Å². The van der Waals surface area contributed by atoms with Crippen LogP contribution in [-0.2, 0) is 11.8 Å². The number of carbonyl (C=O) groups excluding carboxylic acids is 1. The van der Waals surface area contributed by atoms with Crippen molar-refractivity contribution in [2.24, 2.45) is 7.05 Å². The molecule has 0 aliphatic heterocycles. The van der Waals surface area contributed by atoms with E-state index < -0.39 is 18.1 Å². The Hall–Kier alpha value is -3.56. The van der Waals surface area contributed by atoms with E-state index in [0.29, 0.717) is 17.1 Å². The first kappa shape index (κ1) is 17.3. The highest BCUT2D eigenvalue weighted by Gasteiger charge is 2.20. The Kier molecular flexibility index (Phi) is 4.74. The maximum atomic E-state index is 13.7. The summed E-state index contributed by atoms with van der Waals surface area (Å²) in [5, 5.41) is 10.4. The number of amides is 1. The molecule has 3 aromatic heterocycles. The van der Waals surface area contributed by atoms with Crippen molar-refractivity contribution in [3.63, 3.8) is 0 Å². The molecule has 0 saturated heterocycles. The number of rotatable bonds is 4. The van der Waals surface area contributed by atoms with Crippen LogP contribution < -0.4 is 11.1 Å². The van der Waals surface area contributed by atoms with E-state index in [1.54, 1.807) is 32.2 Å². The topological polar surface area (TPSA) is 121 Å². The second-order valence-electron chi connectivity index (χ2n) is 5.44. The first-order valence-corrected chi connectivity index (χ1v) is 7.65. The van der Waals surface area contributed by atoms with Gasteiger partial charge < -0.3 is 10.5 Å². The maximum absolute atomic E-state index is 13.7. The van der Waals surface area contributed by atoms with Crippen molar-refractivity contribution in [2.75, 3.05) is 11.1 Å². The molecule has 134 valence electrons. The predicted octanol–water partition coefficient (Wildman–Crippen LogP) is 2.30. The van der Waals surface area contributed by atoms with Crippen molar-refractivity contribution in [3.8, 4) is 11.4 Å². The maximum Gasteiger partial charge on any atom is 0.413 e. The number of hydrogen-bond donors (Lipinski definition) is 2. The fourth-order valence-electron chi connectivity index (χ4n) is 2.27. The molecular weight excluding hydrogens is 341 g/mol. The van der Waals surface area contributed by atoms with Gasteiger partial charge >= 0.3 is 6.09 Å². The standard InChI is InChI=1S/C16H16FN7O2/c1-9(11-4-3-7-19-14(11)17)26-16(25)21-15-13(22-23-24(15)2)12-6-5-10(18)8-20-12/h3-9H,18H2,1-2H3,(H,21,25)/t9-/m1/s1. The molecule has 0 aliphatic rings. The lowest BCUT2D eigenvalue weighted by atomic mass is 10.2. The molecule has 0 aromatic carbocycles. The van der Waals surface area contributed by atoms with Crippen LogP contribution in [0.1, 0.15) is 18.6 Å². The van der Waals surface area contributed by atoms with Crippen LogP contribution in [0.5, 0.6) is 0 Å². The first-order chi connectivity index (χ1) is 12.5. The number of nitrogens with two attached hydrogens (primary N) is 1. The molecule has 1 atom stereocenters. The average molecular weight is 357 g/mol. The zero-order valence-corrected chi connectivity index (χ0v) is 14.0. The summed E-state index contributed by atoms with van der Waals surface area (Å²) >= 11 is 0. The van der Waals surface area contributed by atoms with E-state index in [1.165, 1.54) is 23.1 Å². The Morgan fingerprint density at radius 2 is 2.15 bits per heavy atom. The summed E-state index contributed by atoms with van der Waals surface area (Å²) in [5.41, 5.74) is 7.13. The van der Waals surface area contributed by atoms with Gasteiger partial charge in [0.1, 0.15) is 6.10 Å². The van der Waals surface area contributed by atoms with Gasteiger partial charge in [-0.1, -0.05) is 5.21 Å². The number of halogens is 1. The summed E-state index contributed by atoms with van der Waals surface area (Å²) in [6, 6.07) is 6.37. The van der Waals surface area contributed by atoms with Gasteiger partial charge in [0.25, 0.3) is 0 Å². The Labute approximate surface area is 148 Å². The van der Waals surface area contributed by atoms with Crippen LogP contribution in [0.4, 0.5) is 20.7 Å². The Morgan fingerprint density at radius 3 is 2.85 bits per heavy atom. The predicted molar refractivity (Wildman–Crippen MR) is 91.4 cm³/mol. The highest BCUT2D eigenvalue weighted by Crippen LogP contribution is 2.25. The number of hydrogen-bond acceptors (Lipinski definition) is 7. The van der Waals surface area contributed by atoms with Crippen LogP contribution in [0.2, 0.25) is 0 Å². The third-order valence-corrected chi connectivity index (χ3v) is 3.59. The van der Waals surface area contributed by atoms with E-state index >= 15 is 0 Å². The van der Waals surface area contributed by atoms with Gasteiger partial charge in [-0.3, -0.25) is 10.3 Å². The van der Waals surface area contributed by atoms with Gasteiger partial charge in [-0.15, -0.1) is 5.10 Å². The number of aromatic nitrogens is 5. The Morgan fingerprint density at radius 1 is 1.35 bits per heavy atom. The lowest BCUT2D eigenvalue weighted by molar-refractivity contribution is 0.118. The molecule has 26 heavy (non-hydrogen) atoms. The van der Waals surface area contributed by atoms with Crippen molar-refractivity contribution in [1.29, 1.82) is 0 Å². The summed E-state index contributed by atoms with van der Waals surface area (Å²) in [6.45, 7) is 1.55. The molecule has 0 unspecified atom stereocenters. The summed E-state index contributed by atoms with van der Waals surface area (Å²) in [4.78, 5) is 19.9. The minimum absolute atomic E-state index is 0.172. The first-order valence-electron chi connectivity index (χ1n) is 7.65. The number of nitrogens with one attached hydrogen (secondary N) is 1. The second-order valence-corrected chi connectivity index (χ2v) is 5.44. The number of aryl methyl sites for hydroxylation is 1. The van der Waals surface area contributed by atoms with Crippen molar-refractivity contribution in [2.45, 2.75) is 13.0 Å². The van der Waals surface area contributed by atoms with E-state index in [2.05, 4.69) is 25.6 Å². The molecule has 9 nitrogen and oxygen atoms in total. The Balaban J connectivity index is 1.77. The molecule has 0 saturated carbocycles. The summed E-state index contributed by atoms with van der Waals surface area (Å²) in [6.07, 6.45) is 1.17. The average Bonchev–Trinajstić information content (AvgIpc) is 2.96. The van der Waals surface area contributed by atoms with Gasteiger partial charge in [0.2, 0.25) is 5.95 Å². The largest absolute Gasteiger partial charge is 0.441 e. The van der Waals surface area contributed by atoms with Crippen LogP contribution in [-0.4, -0.2) is 31.1 Å². The number of anilines is 2. The number of carbonyl (C=O) groups is 1. The van der Waals surface area contributed by atoms with Gasteiger partial charge in [-0.05, 0) is 31.2 Å². The van der Waals surface area contributed by atoms with E-state index in [0.717, 1.165) is 0 Å². The summed E-state index contributed by atoms with van der Waals surface area (Å²) in [5.74, 6) is -0.409. The normalized spacial score (nSPS) is 11.8. The number of nitrogen functional groups attached to an aromatic ring is 1. The quantitative estimate of drug-likeness (QED) is 0.687. The Bertz CT molecular complexity index is 927. The van der Waals surface area contributed by atoms with Crippen LogP contribution in [0.15, 0.2) is 36.7 Å². The molecule has 0 bridgehead atoms. The minimum atomic E-state index is -0.831. The van der Waals surface area contributed by atoms with Crippen molar-refractivity contribution in [3.05, 3.63) is 48.2 Å². The van der Waals surface area contributed by atoms with Gasteiger partial charge in [0.05, 0.1) is 17.6 Å². The van der Waals surface area contributed by atoms with Crippen LogP contribution >= 0.6 is 0 Å². The molecule has 10 heteroatoms. The van der Waals surface area contributed by atoms with Gasteiger partial charge in [0.15, 0.2) is 11.5 Å². The van der Waals surface area contributed by atoms with Gasteiger partial charge in [-0.25, -0.2) is 14.5 Å². The third-order valence-electron chi connectivity index (χ3n) is 3.59. The number of nitrogens with zero attached hydrogens (tertiary/aromatic N) is 5. The van der Waals surface area contributed by atoms with E-state index in [-0.39, 0.29) is 11.4 Å². The molecule has 0 fully saturated rings. The van der Waals surface area contributed by atoms with E-state index in [4.69, 9.17) is 10.5 Å². The van der Waals surface area contributed by atoms with Crippen LogP contribution in [0.3, 0.4) is 0 Å². The molecule has 3 aromatic rings. The summed E-state index contributed by atoms with van der Waals surface area (Å²) < 4.78 is 20.3. The molecule has 0 radical (unpaired) electrons. The lowest BCUT2D eigenvalue weighted by Gasteiger charge is -2.14. The molecular formula is C16H16FN7O2. The molecule has 0 aliphatic carbocycles. The molecule has 3 N–H and O–H groups in total. The van der Waals surface area contributed by atoms with Crippen molar-refractivity contribution < 1.29 is 13.9 Å².